The van der Waals surface area contributed by atoms with Gasteiger partial charge in [-0.2, -0.15) is 0 Å². The maximum absolute atomic E-state index is 5.80. The van der Waals surface area contributed by atoms with Crippen LogP contribution in [0.1, 0.15) is 23.6 Å². The number of thiocarbonyl (C=S) groups is 1. The molecule has 1 aromatic heterocycles. The number of aromatic nitrogens is 1. The van der Waals surface area contributed by atoms with Gasteiger partial charge in [0.2, 0.25) is 0 Å². The van der Waals surface area contributed by atoms with E-state index in [1.807, 2.05) is 32.0 Å². The van der Waals surface area contributed by atoms with E-state index in [1.165, 1.54) is 11.1 Å². The molecule has 2 N–H and O–H groups in total. The van der Waals surface area contributed by atoms with Gasteiger partial charge in [-0.1, -0.05) is 12.1 Å². The Morgan fingerprint density at radius 1 is 1.17 bits per heavy atom. The van der Waals surface area contributed by atoms with E-state index in [2.05, 4.69) is 41.6 Å². The molecule has 0 radical (unpaired) electrons. The number of nitrogens with zero attached hydrogens (tertiary/aromatic N) is 1. The first-order valence-electron chi connectivity index (χ1n) is 7.64. The van der Waals surface area contributed by atoms with E-state index < -0.39 is 0 Å². The highest BCUT2D eigenvalue weighted by Crippen LogP contribution is 2.16. The molecule has 0 aliphatic heterocycles. The molecule has 0 unspecified atom stereocenters. The molecule has 23 heavy (non-hydrogen) atoms. The number of rotatable bonds is 5. The van der Waals surface area contributed by atoms with Crippen molar-refractivity contribution in [3.63, 3.8) is 0 Å². The molecule has 1 aromatic carbocycles. The van der Waals surface area contributed by atoms with Crippen LogP contribution in [0.2, 0.25) is 0 Å². The lowest BCUT2D eigenvalue weighted by Gasteiger charge is -2.17. The molecule has 0 fully saturated rings. The zero-order valence-corrected chi connectivity index (χ0v) is 14.8. The van der Waals surface area contributed by atoms with Crippen LogP contribution in [-0.4, -0.2) is 22.7 Å². The molecule has 1 heterocycles. The van der Waals surface area contributed by atoms with E-state index in [4.69, 9.17) is 17.0 Å². The van der Waals surface area contributed by atoms with Gasteiger partial charge >= 0.3 is 0 Å². The molecule has 4 nitrogen and oxygen atoms in total. The number of nitrogens with one attached hydrogen (secondary N) is 2. The van der Waals surface area contributed by atoms with E-state index in [1.54, 1.807) is 6.20 Å². The third kappa shape index (κ3) is 5.53. The minimum absolute atomic E-state index is 0.0852. The van der Waals surface area contributed by atoms with Gasteiger partial charge in [0.25, 0.3) is 0 Å². The van der Waals surface area contributed by atoms with Gasteiger partial charge < -0.3 is 15.4 Å². The summed E-state index contributed by atoms with van der Waals surface area (Å²) in [5.41, 5.74) is 3.61. The summed E-state index contributed by atoms with van der Waals surface area (Å²) in [5, 5.41) is 6.80. The molecular weight excluding hydrogens is 306 g/mol. The van der Waals surface area contributed by atoms with Gasteiger partial charge in [-0.3, -0.25) is 0 Å². The van der Waals surface area contributed by atoms with Crippen molar-refractivity contribution in [2.45, 2.75) is 33.7 Å². The molecule has 0 spiro atoms. The summed E-state index contributed by atoms with van der Waals surface area (Å²) in [6.45, 7) is 8.73. The van der Waals surface area contributed by atoms with Gasteiger partial charge in [0.15, 0.2) is 5.11 Å². The van der Waals surface area contributed by atoms with Gasteiger partial charge in [-0.25, -0.2) is 4.98 Å². The molecule has 2 rings (SSSR count). The topological polar surface area (TPSA) is 46.2 Å². The van der Waals surface area contributed by atoms with Crippen molar-refractivity contribution in [1.29, 1.82) is 0 Å². The fraction of sp³-hybridized carbons (Fsp3) is 0.333. The predicted molar refractivity (Wildman–Crippen MR) is 99.2 cm³/mol. The Balaban J connectivity index is 1.79. The highest BCUT2D eigenvalue weighted by Gasteiger charge is 2.06. The first kappa shape index (κ1) is 17.2. The summed E-state index contributed by atoms with van der Waals surface area (Å²) in [7, 11) is 0. The van der Waals surface area contributed by atoms with Crippen LogP contribution in [0.4, 0.5) is 5.82 Å². The Kier molecular flexibility index (Phi) is 5.93. The lowest BCUT2D eigenvalue weighted by molar-refractivity contribution is 0.287. The van der Waals surface area contributed by atoms with Crippen molar-refractivity contribution in [3.8, 4) is 5.75 Å². The quantitative estimate of drug-likeness (QED) is 0.818. The smallest absolute Gasteiger partial charge is 0.172 e. The summed E-state index contributed by atoms with van der Waals surface area (Å²) in [5.74, 6) is 1.61. The van der Waals surface area contributed by atoms with Crippen LogP contribution in [0.5, 0.6) is 5.75 Å². The predicted octanol–water partition coefficient (Wildman–Crippen LogP) is 3.76. The number of hydrogen-bond acceptors (Lipinski definition) is 3. The molecule has 0 bridgehead atoms. The second-order valence-electron chi connectivity index (χ2n) is 5.78. The number of aryl methyl sites for hydroxylation is 3. The van der Waals surface area contributed by atoms with E-state index in [9.17, 15) is 0 Å². The number of pyridine rings is 1. The summed E-state index contributed by atoms with van der Waals surface area (Å²) in [6, 6.07) is 10.1. The Bertz CT molecular complexity index is 670. The third-order valence-electron chi connectivity index (χ3n) is 3.51. The van der Waals surface area contributed by atoms with Crippen LogP contribution < -0.4 is 15.4 Å². The highest BCUT2D eigenvalue weighted by atomic mass is 32.1. The largest absolute Gasteiger partial charge is 0.491 e. The van der Waals surface area contributed by atoms with Gasteiger partial charge in [-0.15, -0.1) is 0 Å². The molecular formula is C18H23N3OS. The van der Waals surface area contributed by atoms with Crippen LogP contribution in [0.25, 0.3) is 0 Å². The van der Waals surface area contributed by atoms with Crippen LogP contribution >= 0.6 is 12.2 Å². The van der Waals surface area contributed by atoms with Gasteiger partial charge in [0.1, 0.15) is 18.2 Å². The fourth-order valence-corrected chi connectivity index (χ4v) is 2.29. The number of ether oxygens (including phenoxy) is 1. The zero-order valence-electron chi connectivity index (χ0n) is 14.0. The van der Waals surface area contributed by atoms with Crippen molar-refractivity contribution in [2.75, 3.05) is 11.9 Å². The van der Waals surface area contributed by atoms with Crippen molar-refractivity contribution in [1.82, 2.24) is 10.3 Å². The van der Waals surface area contributed by atoms with Crippen LogP contribution in [0.3, 0.4) is 0 Å². The number of benzene rings is 1. The first-order chi connectivity index (χ1) is 10.9. The highest BCUT2D eigenvalue weighted by molar-refractivity contribution is 7.80. The Hall–Kier alpha value is -2.14. The second kappa shape index (κ2) is 7.92. The minimum atomic E-state index is 0.0852. The standard InChI is InChI=1S/C18H23N3OS/c1-12-5-8-17(19-10-12)21-18(23)20-15(4)11-22-16-7-6-13(2)14(3)9-16/h5-10,15H,11H2,1-4H3,(H2,19,20,21,23)/t15-/m1/s1. The van der Waals surface area contributed by atoms with Gasteiger partial charge in [-0.05, 0) is 74.8 Å². The van der Waals surface area contributed by atoms with E-state index in [0.717, 1.165) is 17.1 Å². The molecule has 5 heteroatoms. The molecule has 0 aliphatic carbocycles. The molecule has 0 aliphatic rings. The molecule has 1 atom stereocenters. The summed E-state index contributed by atoms with van der Waals surface area (Å²) in [4.78, 5) is 4.27. The molecule has 122 valence electrons. The number of hydrogen-bond donors (Lipinski definition) is 2. The maximum Gasteiger partial charge on any atom is 0.172 e. The normalized spacial score (nSPS) is 11.7. The van der Waals surface area contributed by atoms with Gasteiger partial charge in [0.05, 0.1) is 6.04 Å². The number of anilines is 1. The third-order valence-corrected chi connectivity index (χ3v) is 3.73. The molecule has 2 aromatic rings. The SMILES string of the molecule is Cc1ccc(NC(=S)N[C@H](C)COc2ccc(C)c(C)c2)nc1. The first-order valence-corrected chi connectivity index (χ1v) is 8.05. The Labute approximate surface area is 143 Å². The Morgan fingerprint density at radius 3 is 2.61 bits per heavy atom. The van der Waals surface area contributed by atoms with Crippen molar-refractivity contribution < 1.29 is 4.74 Å². The average molecular weight is 329 g/mol. The van der Waals surface area contributed by atoms with E-state index in [-0.39, 0.29) is 6.04 Å². The van der Waals surface area contributed by atoms with E-state index in [0.29, 0.717) is 11.7 Å². The van der Waals surface area contributed by atoms with Crippen molar-refractivity contribution >= 4 is 23.1 Å². The van der Waals surface area contributed by atoms with E-state index >= 15 is 0 Å². The summed E-state index contributed by atoms with van der Waals surface area (Å²) in [6.07, 6.45) is 1.80. The lowest BCUT2D eigenvalue weighted by atomic mass is 10.1. The van der Waals surface area contributed by atoms with Crippen molar-refractivity contribution in [2.24, 2.45) is 0 Å². The van der Waals surface area contributed by atoms with Crippen molar-refractivity contribution in [3.05, 3.63) is 53.2 Å². The molecule has 0 amide bonds. The maximum atomic E-state index is 5.80. The molecule has 0 saturated heterocycles. The van der Waals surface area contributed by atoms with Crippen LogP contribution in [0, 0.1) is 20.8 Å². The van der Waals surface area contributed by atoms with Crippen LogP contribution in [0.15, 0.2) is 36.5 Å². The zero-order chi connectivity index (χ0) is 16.8. The fourth-order valence-electron chi connectivity index (χ4n) is 1.98. The second-order valence-corrected chi connectivity index (χ2v) is 6.19. The minimum Gasteiger partial charge on any atom is -0.491 e. The summed E-state index contributed by atoms with van der Waals surface area (Å²) < 4.78 is 5.80. The van der Waals surface area contributed by atoms with Crippen LogP contribution in [-0.2, 0) is 0 Å². The average Bonchev–Trinajstić information content (AvgIpc) is 2.51. The van der Waals surface area contributed by atoms with Gasteiger partial charge in [0, 0.05) is 6.20 Å². The lowest BCUT2D eigenvalue weighted by Crippen LogP contribution is -2.39. The summed E-state index contributed by atoms with van der Waals surface area (Å²) >= 11 is 5.30. The monoisotopic (exact) mass is 329 g/mol. The Morgan fingerprint density at radius 2 is 1.96 bits per heavy atom. The molecule has 0 saturated carbocycles.